The summed E-state index contributed by atoms with van der Waals surface area (Å²) in [4.78, 5) is 3.85. The predicted molar refractivity (Wildman–Crippen MR) is 39.2 cm³/mol. The van der Waals surface area contributed by atoms with Gasteiger partial charge in [0.25, 0.3) is 0 Å². The molecule has 0 fully saturated rings. The second-order valence-electron chi connectivity index (χ2n) is 1.53. The maximum absolute atomic E-state index is 8.37. The molecule has 48 valence electrons. The topological polar surface area (TPSA) is 59.9 Å². The Morgan fingerprint density at radius 2 is 2.30 bits per heavy atom. The summed E-state index contributed by atoms with van der Waals surface area (Å²) in [7, 11) is 0. The lowest BCUT2D eigenvalue weighted by Gasteiger charge is -1.86. The van der Waals surface area contributed by atoms with Gasteiger partial charge in [0.05, 0.1) is 0 Å². The van der Waals surface area contributed by atoms with Gasteiger partial charge in [0.2, 0.25) is 0 Å². The second-order valence-corrected chi connectivity index (χ2v) is 2.54. The highest BCUT2D eigenvalue weighted by Gasteiger charge is 2.08. The van der Waals surface area contributed by atoms with Gasteiger partial charge in [-0.25, -0.2) is 0 Å². The second kappa shape index (κ2) is 3.05. The molecule has 0 radical (unpaired) electrons. The number of hydrogen-bond acceptors (Lipinski definition) is 4. The molecule has 0 atom stereocenters. The van der Waals surface area contributed by atoms with Gasteiger partial charge in [-0.1, -0.05) is 11.8 Å². The standard InChI is InChI=1S/C6H3N3S/c7-3-5(4-8)6-9-1-2-10-6/h1H,2H2. The highest BCUT2D eigenvalue weighted by Crippen LogP contribution is 2.23. The molecule has 0 aromatic rings. The number of allylic oxidation sites excluding steroid dienone is 1. The van der Waals surface area contributed by atoms with Crippen molar-refractivity contribution < 1.29 is 0 Å². The van der Waals surface area contributed by atoms with Crippen LogP contribution in [0.15, 0.2) is 15.6 Å². The Morgan fingerprint density at radius 1 is 1.60 bits per heavy atom. The Kier molecular flexibility index (Phi) is 2.09. The lowest BCUT2D eigenvalue weighted by Crippen LogP contribution is -1.74. The lowest BCUT2D eigenvalue weighted by atomic mass is 10.4. The van der Waals surface area contributed by atoms with Crippen LogP contribution in [0.25, 0.3) is 0 Å². The van der Waals surface area contributed by atoms with E-state index in [0.717, 1.165) is 5.75 Å². The maximum Gasteiger partial charge on any atom is 0.161 e. The molecule has 4 heteroatoms. The van der Waals surface area contributed by atoms with Gasteiger partial charge < -0.3 is 0 Å². The number of nitriles is 2. The van der Waals surface area contributed by atoms with Crippen LogP contribution in [0.5, 0.6) is 0 Å². The molecule has 1 rings (SSSR count). The first kappa shape index (κ1) is 6.85. The van der Waals surface area contributed by atoms with E-state index < -0.39 is 0 Å². The van der Waals surface area contributed by atoms with Crippen molar-refractivity contribution >= 4 is 18.0 Å². The van der Waals surface area contributed by atoms with Crippen LogP contribution in [0, 0.1) is 22.7 Å². The molecule has 1 aliphatic heterocycles. The van der Waals surface area contributed by atoms with Gasteiger partial charge in [-0.15, -0.1) is 0 Å². The number of hydrogen-bond donors (Lipinski definition) is 0. The Hall–Kier alpha value is -1.26. The quantitative estimate of drug-likeness (QED) is 0.484. The van der Waals surface area contributed by atoms with Crippen LogP contribution in [0.2, 0.25) is 0 Å². The summed E-state index contributed by atoms with van der Waals surface area (Å²) in [6, 6.07) is 3.56. The minimum Gasteiger partial charge on any atom is -0.251 e. The molecule has 0 aliphatic carbocycles. The van der Waals surface area contributed by atoms with Crippen molar-refractivity contribution in [1.82, 2.24) is 0 Å². The molecule has 0 aromatic heterocycles. The Balaban J connectivity index is 2.97. The Morgan fingerprint density at radius 3 is 2.70 bits per heavy atom. The van der Waals surface area contributed by atoms with E-state index >= 15 is 0 Å². The number of aliphatic imine (C=N–C) groups is 1. The molecule has 0 aromatic carbocycles. The zero-order valence-electron chi connectivity index (χ0n) is 5.03. The normalized spacial score (nSPS) is 14.4. The van der Waals surface area contributed by atoms with Crippen LogP contribution >= 0.6 is 11.8 Å². The highest BCUT2D eigenvalue weighted by molar-refractivity contribution is 8.04. The summed E-state index contributed by atoms with van der Waals surface area (Å²) < 4.78 is 0. The fourth-order valence-electron chi connectivity index (χ4n) is 0.531. The van der Waals surface area contributed by atoms with Gasteiger partial charge >= 0.3 is 0 Å². The van der Waals surface area contributed by atoms with Gasteiger partial charge in [-0.05, 0) is 0 Å². The van der Waals surface area contributed by atoms with E-state index in [-0.39, 0.29) is 5.57 Å². The predicted octanol–water partition coefficient (Wildman–Crippen LogP) is 1.06. The van der Waals surface area contributed by atoms with Crippen LogP contribution in [-0.4, -0.2) is 12.0 Å². The molecule has 0 saturated heterocycles. The molecular weight excluding hydrogens is 146 g/mol. The third-order valence-electron chi connectivity index (χ3n) is 0.941. The molecule has 1 aliphatic rings. The number of thioether (sulfide) groups is 1. The molecule has 0 spiro atoms. The zero-order valence-corrected chi connectivity index (χ0v) is 5.85. The Labute approximate surface area is 62.7 Å². The maximum atomic E-state index is 8.37. The molecular formula is C6H3N3S. The van der Waals surface area contributed by atoms with Crippen molar-refractivity contribution in [3.8, 4) is 12.1 Å². The van der Waals surface area contributed by atoms with E-state index in [4.69, 9.17) is 10.5 Å². The van der Waals surface area contributed by atoms with E-state index in [1.165, 1.54) is 11.8 Å². The lowest BCUT2D eigenvalue weighted by molar-refractivity contribution is 1.42. The van der Waals surface area contributed by atoms with E-state index in [1.54, 1.807) is 18.4 Å². The smallest absolute Gasteiger partial charge is 0.161 e. The fraction of sp³-hybridized carbons (Fsp3) is 0.167. The van der Waals surface area contributed by atoms with Gasteiger partial charge in [0.1, 0.15) is 17.2 Å². The van der Waals surface area contributed by atoms with E-state index in [2.05, 4.69) is 4.99 Å². The number of nitrogens with zero attached hydrogens (tertiary/aromatic N) is 3. The first-order valence-electron chi connectivity index (χ1n) is 2.58. The minimum atomic E-state index is 0.110. The molecule has 0 amide bonds. The Bertz CT molecular complexity index is 260. The molecule has 10 heavy (non-hydrogen) atoms. The minimum absolute atomic E-state index is 0.110. The molecule has 1 heterocycles. The van der Waals surface area contributed by atoms with Crippen molar-refractivity contribution in [3.63, 3.8) is 0 Å². The first-order valence-corrected chi connectivity index (χ1v) is 3.57. The highest BCUT2D eigenvalue weighted by atomic mass is 32.2. The summed E-state index contributed by atoms with van der Waals surface area (Å²) in [6.07, 6.45) is 1.69. The van der Waals surface area contributed by atoms with E-state index in [1.807, 2.05) is 0 Å². The summed E-state index contributed by atoms with van der Waals surface area (Å²) in [5, 5.41) is 17.3. The first-order chi connectivity index (χ1) is 4.88. The molecule has 0 saturated carbocycles. The van der Waals surface area contributed by atoms with Crippen molar-refractivity contribution in [2.45, 2.75) is 0 Å². The van der Waals surface area contributed by atoms with Gasteiger partial charge in [0, 0.05) is 12.0 Å². The summed E-state index contributed by atoms with van der Waals surface area (Å²) in [5.74, 6) is 0.766. The van der Waals surface area contributed by atoms with Gasteiger partial charge in [-0.3, -0.25) is 4.99 Å². The van der Waals surface area contributed by atoms with Crippen molar-refractivity contribution in [3.05, 3.63) is 10.6 Å². The van der Waals surface area contributed by atoms with Crippen LogP contribution in [0.4, 0.5) is 0 Å². The molecule has 0 bridgehead atoms. The molecule has 0 N–H and O–H groups in total. The summed E-state index contributed by atoms with van der Waals surface area (Å²) in [6.45, 7) is 0. The summed E-state index contributed by atoms with van der Waals surface area (Å²) >= 11 is 1.41. The van der Waals surface area contributed by atoms with Crippen LogP contribution in [0.1, 0.15) is 0 Å². The summed E-state index contributed by atoms with van der Waals surface area (Å²) in [5.41, 5.74) is 0.110. The molecule has 3 nitrogen and oxygen atoms in total. The third-order valence-corrected chi connectivity index (χ3v) is 1.84. The fourth-order valence-corrected chi connectivity index (χ4v) is 1.22. The monoisotopic (exact) mass is 149 g/mol. The van der Waals surface area contributed by atoms with Crippen molar-refractivity contribution in [1.29, 1.82) is 10.5 Å². The third kappa shape index (κ3) is 1.18. The SMILES string of the molecule is N#CC(C#N)=C1N=CCS1. The average Bonchev–Trinajstić information content (AvgIpc) is 2.43. The van der Waals surface area contributed by atoms with Gasteiger partial charge in [0.15, 0.2) is 5.57 Å². The van der Waals surface area contributed by atoms with Crippen LogP contribution in [-0.2, 0) is 0 Å². The largest absolute Gasteiger partial charge is 0.251 e. The zero-order chi connectivity index (χ0) is 7.40. The number of rotatable bonds is 0. The van der Waals surface area contributed by atoms with E-state index in [0.29, 0.717) is 5.03 Å². The van der Waals surface area contributed by atoms with E-state index in [9.17, 15) is 0 Å². The average molecular weight is 149 g/mol. The van der Waals surface area contributed by atoms with Crippen LogP contribution < -0.4 is 0 Å². The van der Waals surface area contributed by atoms with Gasteiger partial charge in [-0.2, -0.15) is 10.5 Å². The van der Waals surface area contributed by atoms with Crippen LogP contribution in [0.3, 0.4) is 0 Å². The van der Waals surface area contributed by atoms with Crippen molar-refractivity contribution in [2.75, 3.05) is 5.75 Å². The molecule has 0 unspecified atom stereocenters. The van der Waals surface area contributed by atoms with Crippen molar-refractivity contribution in [2.24, 2.45) is 4.99 Å².